The van der Waals surface area contributed by atoms with Crippen molar-refractivity contribution in [1.82, 2.24) is 9.78 Å². The summed E-state index contributed by atoms with van der Waals surface area (Å²) in [6.45, 7) is 4.29. The van der Waals surface area contributed by atoms with Crippen molar-refractivity contribution >= 4 is 15.7 Å². The largest absolute Gasteiger partial charge is 0.280 e. The number of fused-ring (bicyclic) bond motifs is 1. The van der Waals surface area contributed by atoms with E-state index in [1.165, 1.54) is 11.1 Å². The first-order valence-electron chi connectivity index (χ1n) is 7.18. The van der Waals surface area contributed by atoms with E-state index in [0.29, 0.717) is 17.9 Å². The zero-order valence-electron chi connectivity index (χ0n) is 12.3. The van der Waals surface area contributed by atoms with Crippen LogP contribution in [0.4, 0.5) is 5.69 Å². The van der Waals surface area contributed by atoms with E-state index in [1.807, 2.05) is 25.1 Å². The highest BCUT2D eigenvalue weighted by molar-refractivity contribution is 7.92. The normalized spacial score (nSPS) is 14.2. The molecule has 0 bridgehead atoms. The molecular weight excluding hydrogens is 286 g/mol. The molecule has 0 saturated heterocycles. The van der Waals surface area contributed by atoms with Crippen molar-refractivity contribution in [1.29, 1.82) is 0 Å². The van der Waals surface area contributed by atoms with Crippen molar-refractivity contribution in [3.63, 3.8) is 0 Å². The molecule has 0 unspecified atom stereocenters. The Morgan fingerprint density at radius 2 is 2.05 bits per heavy atom. The fraction of sp³-hybridized carbons (Fsp3) is 0.400. The molecule has 0 fully saturated rings. The summed E-state index contributed by atoms with van der Waals surface area (Å²) < 4.78 is 29.3. The van der Waals surface area contributed by atoms with Crippen LogP contribution in [-0.4, -0.2) is 18.2 Å². The van der Waals surface area contributed by atoms with E-state index in [9.17, 15) is 8.42 Å². The Labute approximate surface area is 125 Å². The summed E-state index contributed by atoms with van der Waals surface area (Å²) in [6.07, 6.45) is 4.83. The first-order chi connectivity index (χ1) is 9.99. The van der Waals surface area contributed by atoms with Crippen molar-refractivity contribution in [3.05, 3.63) is 41.2 Å². The van der Waals surface area contributed by atoms with Crippen LogP contribution in [0.3, 0.4) is 0 Å². The second kappa shape index (κ2) is 5.18. The van der Waals surface area contributed by atoms with E-state index in [0.717, 1.165) is 19.3 Å². The molecule has 2 aromatic rings. The van der Waals surface area contributed by atoms with Gasteiger partial charge >= 0.3 is 0 Å². The lowest BCUT2D eigenvalue weighted by Gasteiger charge is -2.09. The minimum atomic E-state index is -3.58. The number of benzene rings is 1. The summed E-state index contributed by atoms with van der Waals surface area (Å²) in [5.74, 6) is 0. The van der Waals surface area contributed by atoms with E-state index in [2.05, 4.69) is 9.82 Å². The molecule has 21 heavy (non-hydrogen) atoms. The Balaban J connectivity index is 1.90. The van der Waals surface area contributed by atoms with Gasteiger partial charge in [-0.2, -0.15) is 5.10 Å². The maximum Gasteiger partial charge on any atom is 0.265 e. The quantitative estimate of drug-likeness (QED) is 0.944. The van der Waals surface area contributed by atoms with Crippen LogP contribution < -0.4 is 4.72 Å². The number of anilines is 1. The summed E-state index contributed by atoms with van der Waals surface area (Å²) >= 11 is 0. The molecule has 5 nitrogen and oxygen atoms in total. The topological polar surface area (TPSA) is 64.0 Å². The number of rotatable bonds is 4. The Morgan fingerprint density at radius 3 is 2.76 bits per heavy atom. The molecule has 112 valence electrons. The van der Waals surface area contributed by atoms with E-state index < -0.39 is 10.0 Å². The maximum atomic E-state index is 12.5. The summed E-state index contributed by atoms with van der Waals surface area (Å²) in [6, 6.07) is 5.79. The number of nitrogens with zero attached hydrogens (tertiary/aromatic N) is 2. The van der Waals surface area contributed by atoms with Gasteiger partial charge in [-0.1, -0.05) is 6.07 Å². The molecule has 3 rings (SSSR count). The van der Waals surface area contributed by atoms with Gasteiger partial charge in [0.05, 0.1) is 5.69 Å². The lowest BCUT2D eigenvalue weighted by Crippen LogP contribution is -2.13. The number of hydrogen-bond donors (Lipinski definition) is 1. The van der Waals surface area contributed by atoms with E-state index in [-0.39, 0.29) is 4.90 Å². The van der Waals surface area contributed by atoms with Crippen molar-refractivity contribution in [2.24, 2.45) is 0 Å². The Morgan fingerprint density at radius 1 is 1.29 bits per heavy atom. The number of sulfonamides is 1. The predicted octanol–water partition coefficient (Wildman–Crippen LogP) is 2.50. The maximum absolute atomic E-state index is 12.5. The smallest absolute Gasteiger partial charge is 0.265 e. The van der Waals surface area contributed by atoms with E-state index >= 15 is 0 Å². The monoisotopic (exact) mass is 305 g/mol. The van der Waals surface area contributed by atoms with Crippen LogP contribution in [0, 0.1) is 6.92 Å². The molecule has 1 aromatic carbocycles. The first kappa shape index (κ1) is 14.1. The molecule has 0 spiro atoms. The molecule has 1 aromatic heterocycles. The zero-order chi connectivity index (χ0) is 15.0. The molecule has 0 saturated carbocycles. The fourth-order valence-corrected chi connectivity index (χ4v) is 4.01. The summed E-state index contributed by atoms with van der Waals surface area (Å²) in [5.41, 5.74) is 3.72. The van der Waals surface area contributed by atoms with Gasteiger partial charge in [0.15, 0.2) is 0 Å². The molecule has 6 heteroatoms. The predicted molar refractivity (Wildman–Crippen MR) is 81.9 cm³/mol. The minimum absolute atomic E-state index is 0.241. The molecule has 1 aliphatic rings. The molecule has 0 amide bonds. The number of hydrogen-bond acceptors (Lipinski definition) is 3. The Bertz CT molecular complexity index is 778. The van der Waals surface area contributed by atoms with Gasteiger partial charge < -0.3 is 0 Å². The van der Waals surface area contributed by atoms with Crippen LogP contribution in [0.25, 0.3) is 0 Å². The second-order valence-electron chi connectivity index (χ2n) is 5.38. The van der Waals surface area contributed by atoms with Crippen LogP contribution in [-0.2, 0) is 29.4 Å². The Hall–Kier alpha value is -1.82. The second-order valence-corrected chi connectivity index (χ2v) is 7.03. The van der Waals surface area contributed by atoms with Crippen LogP contribution in [0.5, 0.6) is 0 Å². The molecule has 1 N–H and O–H groups in total. The van der Waals surface area contributed by atoms with E-state index in [4.69, 9.17) is 0 Å². The highest BCUT2D eigenvalue weighted by Gasteiger charge is 2.21. The molecular formula is C15H19N3O2S. The van der Waals surface area contributed by atoms with E-state index in [1.54, 1.807) is 17.8 Å². The van der Waals surface area contributed by atoms with Crippen LogP contribution in [0.15, 0.2) is 29.3 Å². The number of nitrogens with one attached hydrogen (secondary N) is 1. The van der Waals surface area contributed by atoms with Gasteiger partial charge in [0.1, 0.15) is 4.90 Å². The van der Waals surface area contributed by atoms with Crippen LogP contribution in [0.2, 0.25) is 0 Å². The third-order valence-electron chi connectivity index (χ3n) is 3.87. The summed E-state index contributed by atoms with van der Waals surface area (Å²) in [5, 5.41) is 4.19. The van der Waals surface area contributed by atoms with Gasteiger partial charge in [0.2, 0.25) is 0 Å². The van der Waals surface area contributed by atoms with Crippen molar-refractivity contribution < 1.29 is 8.42 Å². The minimum Gasteiger partial charge on any atom is -0.280 e. The van der Waals surface area contributed by atoms with Crippen molar-refractivity contribution in [3.8, 4) is 0 Å². The summed E-state index contributed by atoms with van der Waals surface area (Å²) in [7, 11) is -3.58. The SMILES string of the molecule is CCn1cc(S(=O)(=O)Nc2ccc3c(c2)CCC3)c(C)n1. The lowest BCUT2D eigenvalue weighted by molar-refractivity contribution is 0.600. The van der Waals surface area contributed by atoms with Gasteiger partial charge in [0, 0.05) is 18.4 Å². The highest BCUT2D eigenvalue weighted by Crippen LogP contribution is 2.26. The molecule has 0 aliphatic heterocycles. The van der Waals surface area contributed by atoms with Gasteiger partial charge in [-0.15, -0.1) is 0 Å². The standard InChI is InChI=1S/C15H19N3O2S/c1-3-18-10-15(11(2)16-18)21(19,20)17-14-8-7-12-5-4-6-13(12)9-14/h7-10,17H,3-6H2,1-2H3. The van der Waals surface area contributed by atoms with Crippen molar-refractivity contribution in [2.75, 3.05) is 4.72 Å². The first-order valence-corrected chi connectivity index (χ1v) is 8.66. The Kier molecular flexibility index (Phi) is 3.49. The molecule has 1 heterocycles. The number of aromatic nitrogens is 2. The third-order valence-corrected chi connectivity index (χ3v) is 5.35. The number of aryl methyl sites for hydroxylation is 4. The average Bonchev–Trinajstić information content (AvgIpc) is 3.04. The third kappa shape index (κ3) is 2.68. The van der Waals surface area contributed by atoms with Gasteiger partial charge in [-0.3, -0.25) is 9.40 Å². The summed E-state index contributed by atoms with van der Waals surface area (Å²) in [4.78, 5) is 0.241. The molecule has 1 aliphatic carbocycles. The fourth-order valence-electron chi connectivity index (χ4n) is 2.77. The zero-order valence-corrected chi connectivity index (χ0v) is 13.1. The van der Waals surface area contributed by atoms with Gasteiger partial charge in [0.25, 0.3) is 10.0 Å². The van der Waals surface area contributed by atoms with Gasteiger partial charge in [-0.05, 0) is 56.4 Å². The van der Waals surface area contributed by atoms with Gasteiger partial charge in [-0.25, -0.2) is 8.42 Å². The molecule has 0 radical (unpaired) electrons. The van der Waals surface area contributed by atoms with Crippen molar-refractivity contribution in [2.45, 2.75) is 44.6 Å². The lowest BCUT2D eigenvalue weighted by atomic mass is 10.1. The highest BCUT2D eigenvalue weighted by atomic mass is 32.2. The van der Waals surface area contributed by atoms with Crippen LogP contribution >= 0.6 is 0 Å². The molecule has 0 atom stereocenters. The average molecular weight is 305 g/mol. The van der Waals surface area contributed by atoms with Crippen LogP contribution in [0.1, 0.15) is 30.2 Å².